The van der Waals surface area contributed by atoms with Crippen molar-refractivity contribution >= 4 is 0 Å². The molecule has 1 saturated carbocycles. The van der Waals surface area contributed by atoms with E-state index in [4.69, 9.17) is 5.26 Å². The predicted octanol–water partition coefficient (Wildman–Crippen LogP) is 2.73. The Hall–Kier alpha value is -0.970. The van der Waals surface area contributed by atoms with Crippen molar-refractivity contribution in [3.05, 3.63) is 11.3 Å². The third-order valence-corrected chi connectivity index (χ3v) is 2.17. The highest BCUT2D eigenvalue weighted by atomic mass is 15.0. The van der Waals surface area contributed by atoms with E-state index in [0.29, 0.717) is 0 Å². The van der Waals surface area contributed by atoms with E-state index in [2.05, 4.69) is 32.2 Å². The monoisotopic (exact) mass is 178 g/mol. The lowest BCUT2D eigenvalue weighted by Crippen LogP contribution is -2.35. The zero-order chi connectivity index (χ0) is 9.90. The Kier molecular flexibility index (Phi) is 2.98. The first-order chi connectivity index (χ1) is 6.03. The van der Waals surface area contributed by atoms with Gasteiger partial charge in [-0.05, 0) is 52.0 Å². The van der Waals surface area contributed by atoms with Gasteiger partial charge in [0.15, 0.2) is 0 Å². The molecular formula is C11H18N2. The minimum Gasteiger partial charge on any atom is -0.372 e. The van der Waals surface area contributed by atoms with Gasteiger partial charge in [0.25, 0.3) is 0 Å². The molecule has 1 aliphatic carbocycles. The first-order valence-electron chi connectivity index (χ1n) is 4.93. The van der Waals surface area contributed by atoms with Crippen molar-refractivity contribution in [1.82, 2.24) is 5.32 Å². The van der Waals surface area contributed by atoms with Crippen LogP contribution in [0.15, 0.2) is 11.3 Å². The normalized spacial score (nSPS) is 16.9. The van der Waals surface area contributed by atoms with Gasteiger partial charge in [0, 0.05) is 5.54 Å². The molecule has 0 saturated heterocycles. The van der Waals surface area contributed by atoms with Crippen LogP contribution in [0.5, 0.6) is 0 Å². The van der Waals surface area contributed by atoms with Crippen LogP contribution in [0.25, 0.3) is 0 Å². The summed E-state index contributed by atoms with van der Waals surface area (Å²) >= 11 is 0. The molecule has 0 aromatic carbocycles. The molecule has 2 heteroatoms. The van der Waals surface area contributed by atoms with Gasteiger partial charge in [-0.25, -0.2) is 0 Å². The molecular weight excluding hydrogens is 160 g/mol. The molecule has 0 atom stereocenters. The summed E-state index contributed by atoms with van der Waals surface area (Å²) in [7, 11) is 0. The fraction of sp³-hybridized carbons (Fsp3) is 0.727. The van der Waals surface area contributed by atoms with Gasteiger partial charge in [0.2, 0.25) is 0 Å². The van der Waals surface area contributed by atoms with E-state index in [1.165, 1.54) is 18.4 Å². The van der Waals surface area contributed by atoms with Crippen LogP contribution in [-0.4, -0.2) is 5.54 Å². The zero-order valence-electron chi connectivity index (χ0n) is 8.78. The predicted molar refractivity (Wildman–Crippen MR) is 54.0 cm³/mol. The molecule has 72 valence electrons. The van der Waals surface area contributed by atoms with Crippen molar-refractivity contribution in [2.45, 2.75) is 52.0 Å². The van der Waals surface area contributed by atoms with Crippen LogP contribution in [0.1, 0.15) is 46.5 Å². The number of nitrogens with one attached hydrogen (secondary N) is 1. The molecule has 13 heavy (non-hydrogen) atoms. The Bertz CT molecular complexity index is 242. The van der Waals surface area contributed by atoms with Crippen molar-refractivity contribution in [2.24, 2.45) is 0 Å². The Morgan fingerprint density at radius 2 is 1.85 bits per heavy atom. The molecule has 0 spiro atoms. The maximum atomic E-state index is 8.98. The lowest BCUT2D eigenvalue weighted by atomic mass is 10.1. The highest BCUT2D eigenvalue weighted by molar-refractivity contribution is 5.28. The molecule has 0 unspecified atom stereocenters. The summed E-state index contributed by atoms with van der Waals surface area (Å²) in [5, 5.41) is 12.2. The second-order valence-electron chi connectivity index (χ2n) is 4.67. The average molecular weight is 178 g/mol. The molecule has 1 aliphatic rings. The molecule has 0 heterocycles. The first kappa shape index (κ1) is 10.1. The molecule has 2 nitrogen and oxygen atoms in total. The van der Waals surface area contributed by atoms with Gasteiger partial charge in [-0.15, -0.1) is 0 Å². The van der Waals surface area contributed by atoms with Crippen molar-refractivity contribution in [1.29, 1.82) is 5.26 Å². The maximum absolute atomic E-state index is 8.98. The van der Waals surface area contributed by atoms with Gasteiger partial charge < -0.3 is 5.32 Å². The average Bonchev–Trinajstić information content (AvgIpc) is 2.50. The van der Waals surface area contributed by atoms with Gasteiger partial charge in [0.1, 0.15) is 11.8 Å². The molecule has 1 rings (SSSR count). The van der Waals surface area contributed by atoms with Crippen molar-refractivity contribution in [3.8, 4) is 6.07 Å². The Morgan fingerprint density at radius 1 is 1.31 bits per heavy atom. The third-order valence-electron chi connectivity index (χ3n) is 2.17. The highest BCUT2D eigenvalue weighted by Gasteiger charge is 2.16. The first-order valence-corrected chi connectivity index (χ1v) is 4.93. The van der Waals surface area contributed by atoms with E-state index in [0.717, 1.165) is 18.5 Å². The Labute approximate surface area is 80.6 Å². The van der Waals surface area contributed by atoms with E-state index < -0.39 is 0 Å². The van der Waals surface area contributed by atoms with Gasteiger partial charge in [-0.2, -0.15) is 5.26 Å². The molecule has 0 aliphatic heterocycles. The van der Waals surface area contributed by atoms with Crippen molar-refractivity contribution in [3.63, 3.8) is 0 Å². The van der Waals surface area contributed by atoms with Crippen molar-refractivity contribution in [2.75, 3.05) is 0 Å². The van der Waals surface area contributed by atoms with E-state index in [1.807, 2.05) is 0 Å². The lowest BCUT2D eigenvalue weighted by Gasteiger charge is -2.22. The second kappa shape index (κ2) is 3.83. The molecule has 0 aromatic rings. The summed E-state index contributed by atoms with van der Waals surface area (Å²) in [6.45, 7) is 6.25. The molecule has 0 bridgehead atoms. The third kappa shape index (κ3) is 3.10. The van der Waals surface area contributed by atoms with Crippen LogP contribution in [-0.2, 0) is 0 Å². The summed E-state index contributed by atoms with van der Waals surface area (Å²) in [4.78, 5) is 0. The topological polar surface area (TPSA) is 35.8 Å². The summed E-state index contributed by atoms with van der Waals surface area (Å²) in [5.74, 6) is 0. The van der Waals surface area contributed by atoms with Crippen LogP contribution < -0.4 is 5.32 Å². The maximum Gasteiger partial charge on any atom is 0.117 e. The number of hydrogen-bond donors (Lipinski definition) is 1. The van der Waals surface area contributed by atoms with Crippen LogP contribution in [0, 0.1) is 11.3 Å². The summed E-state index contributed by atoms with van der Waals surface area (Å²) in [6.07, 6.45) is 4.69. The summed E-state index contributed by atoms with van der Waals surface area (Å²) < 4.78 is 0. The van der Waals surface area contributed by atoms with Gasteiger partial charge >= 0.3 is 0 Å². The lowest BCUT2D eigenvalue weighted by molar-refractivity contribution is 0.477. The smallest absolute Gasteiger partial charge is 0.117 e. The summed E-state index contributed by atoms with van der Waals surface area (Å²) in [5.41, 5.74) is 2.13. The van der Waals surface area contributed by atoms with Crippen LogP contribution in [0.2, 0.25) is 0 Å². The van der Waals surface area contributed by atoms with Crippen molar-refractivity contribution < 1.29 is 0 Å². The van der Waals surface area contributed by atoms with Gasteiger partial charge in [-0.3, -0.25) is 0 Å². The van der Waals surface area contributed by atoms with E-state index >= 15 is 0 Å². The number of nitriles is 1. The number of nitrogens with zero attached hydrogens (tertiary/aromatic N) is 1. The minimum atomic E-state index is 0.000648. The summed E-state index contributed by atoms with van der Waals surface area (Å²) in [6, 6.07) is 2.27. The Morgan fingerprint density at radius 3 is 2.23 bits per heavy atom. The largest absolute Gasteiger partial charge is 0.372 e. The van der Waals surface area contributed by atoms with E-state index in [9.17, 15) is 0 Å². The minimum absolute atomic E-state index is 0.000648. The number of allylic oxidation sites excluding steroid dienone is 2. The fourth-order valence-corrected chi connectivity index (χ4v) is 1.62. The molecule has 0 aromatic heterocycles. The quantitative estimate of drug-likeness (QED) is 0.627. The molecule has 0 amide bonds. The zero-order valence-corrected chi connectivity index (χ0v) is 8.78. The van der Waals surface area contributed by atoms with Crippen LogP contribution >= 0.6 is 0 Å². The van der Waals surface area contributed by atoms with Crippen LogP contribution in [0.3, 0.4) is 0 Å². The van der Waals surface area contributed by atoms with Gasteiger partial charge in [-0.1, -0.05) is 0 Å². The highest BCUT2D eigenvalue weighted by Crippen LogP contribution is 2.26. The SMILES string of the molecule is CC(C)(C)NC(C#N)=C1CCCC1. The van der Waals surface area contributed by atoms with E-state index in [1.54, 1.807) is 0 Å². The fourth-order valence-electron chi connectivity index (χ4n) is 1.62. The van der Waals surface area contributed by atoms with Gasteiger partial charge in [0.05, 0.1) is 0 Å². The number of hydrogen-bond acceptors (Lipinski definition) is 2. The Balaban J connectivity index is 2.74. The molecule has 1 fully saturated rings. The second-order valence-corrected chi connectivity index (χ2v) is 4.67. The molecule has 1 N–H and O–H groups in total. The van der Waals surface area contributed by atoms with E-state index in [-0.39, 0.29) is 5.54 Å². The van der Waals surface area contributed by atoms with Crippen LogP contribution in [0.4, 0.5) is 0 Å². The molecule has 0 radical (unpaired) electrons. The number of rotatable bonds is 1. The standard InChI is InChI=1S/C11H18N2/c1-11(2,3)13-10(8-12)9-6-4-5-7-9/h13H,4-7H2,1-3H3.